The zero-order valence-corrected chi connectivity index (χ0v) is 18.8. The highest BCUT2D eigenvalue weighted by molar-refractivity contribution is 7.99. The van der Waals surface area contributed by atoms with Crippen molar-refractivity contribution >= 4 is 34.5 Å². The van der Waals surface area contributed by atoms with Crippen LogP contribution in [0.3, 0.4) is 0 Å². The standard InChI is InChI=1S/C20H32ClN5S/c1-6-8-13-10-15(11-14(13)12-20(3,4)5)26-18-16(24-25-26)17(21)22-19(23-18)27-9-7-2/h13-15H,6-12H2,1-5H3/t13?,14-,15?/m1/s1. The zero-order chi connectivity index (χ0) is 19.6. The molecule has 1 fully saturated rings. The van der Waals surface area contributed by atoms with Gasteiger partial charge in [-0.25, -0.2) is 14.6 Å². The molecular weight excluding hydrogens is 378 g/mol. The van der Waals surface area contributed by atoms with Crippen LogP contribution in [-0.2, 0) is 0 Å². The highest BCUT2D eigenvalue weighted by Gasteiger charge is 2.38. The van der Waals surface area contributed by atoms with E-state index in [2.05, 4.69) is 49.9 Å². The van der Waals surface area contributed by atoms with E-state index in [1.165, 1.54) is 19.3 Å². The summed E-state index contributed by atoms with van der Waals surface area (Å²) in [5, 5.41) is 9.90. The van der Waals surface area contributed by atoms with Crippen molar-refractivity contribution in [2.75, 3.05) is 5.75 Å². The van der Waals surface area contributed by atoms with Crippen molar-refractivity contribution in [3.8, 4) is 0 Å². The lowest BCUT2D eigenvalue weighted by Gasteiger charge is -2.27. The average Bonchev–Trinajstić information content (AvgIpc) is 3.16. The molecular formula is C20H32ClN5S. The SMILES string of the molecule is CCCSc1nc(Cl)c2nnn(C3CC(CCC)[C@@H](CC(C)(C)C)C3)c2n1. The van der Waals surface area contributed by atoms with Crippen LogP contribution in [-0.4, -0.2) is 30.7 Å². The number of thioether (sulfide) groups is 1. The number of hydrogen-bond donors (Lipinski definition) is 0. The number of halogens is 1. The second-order valence-electron chi connectivity index (χ2n) is 9.05. The molecule has 0 saturated heterocycles. The molecule has 2 unspecified atom stereocenters. The van der Waals surface area contributed by atoms with Gasteiger partial charge in [0.15, 0.2) is 21.5 Å². The van der Waals surface area contributed by atoms with Crippen LogP contribution in [0.15, 0.2) is 5.16 Å². The lowest BCUT2D eigenvalue weighted by molar-refractivity contribution is 0.239. The monoisotopic (exact) mass is 409 g/mol. The number of hydrogen-bond acceptors (Lipinski definition) is 5. The van der Waals surface area contributed by atoms with Gasteiger partial charge in [-0.1, -0.05) is 76.0 Å². The minimum atomic E-state index is 0.353. The van der Waals surface area contributed by atoms with E-state index in [9.17, 15) is 0 Å². The molecule has 150 valence electrons. The summed E-state index contributed by atoms with van der Waals surface area (Å²) in [6.07, 6.45) is 7.18. The van der Waals surface area contributed by atoms with Gasteiger partial charge >= 0.3 is 0 Å². The summed E-state index contributed by atoms with van der Waals surface area (Å²) < 4.78 is 2.03. The molecule has 0 spiro atoms. The molecule has 7 heteroatoms. The molecule has 0 aliphatic heterocycles. The Balaban J connectivity index is 1.89. The predicted molar refractivity (Wildman–Crippen MR) is 113 cm³/mol. The van der Waals surface area contributed by atoms with Crippen LogP contribution in [0.4, 0.5) is 0 Å². The Morgan fingerprint density at radius 3 is 2.52 bits per heavy atom. The maximum atomic E-state index is 6.38. The molecule has 1 saturated carbocycles. The Kier molecular flexibility index (Phi) is 6.67. The minimum Gasteiger partial charge on any atom is -0.224 e. The van der Waals surface area contributed by atoms with Crippen LogP contribution in [0.2, 0.25) is 5.15 Å². The van der Waals surface area contributed by atoms with Crippen molar-refractivity contribution in [3.63, 3.8) is 0 Å². The van der Waals surface area contributed by atoms with E-state index in [1.54, 1.807) is 11.8 Å². The lowest BCUT2D eigenvalue weighted by atomic mass is 9.79. The van der Waals surface area contributed by atoms with Crippen molar-refractivity contribution < 1.29 is 0 Å². The van der Waals surface area contributed by atoms with Crippen LogP contribution in [0.1, 0.15) is 79.2 Å². The van der Waals surface area contributed by atoms with Gasteiger partial charge in [-0.15, -0.1) is 5.10 Å². The molecule has 3 atom stereocenters. The molecule has 27 heavy (non-hydrogen) atoms. The van der Waals surface area contributed by atoms with Crippen molar-refractivity contribution in [3.05, 3.63) is 5.15 Å². The number of aromatic nitrogens is 5. The zero-order valence-electron chi connectivity index (χ0n) is 17.2. The van der Waals surface area contributed by atoms with Crippen molar-refractivity contribution in [2.24, 2.45) is 17.3 Å². The molecule has 0 radical (unpaired) electrons. The topological polar surface area (TPSA) is 56.5 Å². The molecule has 5 nitrogen and oxygen atoms in total. The first-order chi connectivity index (χ1) is 12.8. The number of nitrogens with zero attached hydrogens (tertiary/aromatic N) is 5. The van der Waals surface area contributed by atoms with Gasteiger partial charge in [0.1, 0.15) is 0 Å². The van der Waals surface area contributed by atoms with Crippen LogP contribution < -0.4 is 0 Å². The van der Waals surface area contributed by atoms with Gasteiger partial charge < -0.3 is 0 Å². The van der Waals surface area contributed by atoms with E-state index in [1.807, 2.05) is 4.68 Å². The second-order valence-corrected chi connectivity index (χ2v) is 10.5. The van der Waals surface area contributed by atoms with E-state index < -0.39 is 0 Å². The lowest BCUT2D eigenvalue weighted by Crippen LogP contribution is -2.16. The van der Waals surface area contributed by atoms with Gasteiger partial charge in [0.25, 0.3) is 0 Å². The Labute approximate surface area is 172 Å². The fourth-order valence-electron chi connectivity index (χ4n) is 4.42. The normalized spacial score (nSPS) is 23.4. The van der Waals surface area contributed by atoms with Gasteiger partial charge in [-0.2, -0.15) is 0 Å². The van der Waals surface area contributed by atoms with Crippen molar-refractivity contribution in [1.82, 2.24) is 25.0 Å². The minimum absolute atomic E-state index is 0.353. The van der Waals surface area contributed by atoms with Crippen LogP contribution in [0.5, 0.6) is 0 Å². The Morgan fingerprint density at radius 2 is 1.85 bits per heavy atom. The van der Waals surface area contributed by atoms with E-state index in [-0.39, 0.29) is 0 Å². The Bertz CT molecular complexity index is 770. The smallest absolute Gasteiger partial charge is 0.191 e. The van der Waals surface area contributed by atoms with Gasteiger partial charge in [0.05, 0.1) is 6.04 Å². The van der Waals surface area contributed by atoms with Gasteiger partial charge in [-0.3, -0.25) is 0 Å². The molecule has 0 bridgehead atoms. The molecule has 0 N–H and O–H groups in total. The summed E-state index contributed by atoms with van der Waals surface area (Å²) in [5.74, 6) is 2.48. The van der Waals surface area contributed by atoms with Gasteiger partial charge in [-0.05, 0) is 42.9 Å². The maximum Gasteiger partial charge on any atom is 0.191 e. The molecule has 0 aromatic carbocycles. The third kappa shape index (κ3) is 4.94. The Hall–Kier alpha value is -0.880. The van der Waals surface area contributed by atoms with Crippen LogP contribution in [0.25, 0.3) is 11.2 Å². The Morgan fingerprint density at radius 1 is 1.11 bits per heavy atom. The van der Waals surface area contributed by atoms with Crippen molar-refractivity contribution in [1.29, 1.82) is 0 Å². The predicted octanol–water partition coefficient (Wildman–Crippen LogP) is 6.18. The molecule has 2 aromatic rings. The van der Waals surface area contributed by atoms with Gasteiger partial charge in [0, 0.05) is 5.75 Å². The van der Waals surface area contributed by atoms with Crippen LogP contribution in [0, 0.1) is 17.3 Å². The first-order valence-corrected chi connectivity index (χ1v) is 11.6. The second kappa shape index (κ2) is 8.64. The maximum absolute atomic E-state index is 6.38. The van der Waals surface area contributed by atoms with E-state index >= 15 is 0 Å². The molecule has 2 aromatic heterocycles. The third-order valence-corrected chi connectivity index (χ3v) is 6.71. The molecule has 1 aliphatic carbocycles. The highest BCUT2D eigenvalue weighted by Crippen LogP contribution is 2.47. The summed E-state index contributed by atoms with van der Waals surface area (Å²) in [6, 6.07) is 0.355. The summed E-state index contributed by atoms with van der Waals surface area (Å²) in [7, 11) is 0. The highest BCUT2D eigenvalue weighted by atomic mass is 35.5. The van der Waals surface area contributed by atoms with Gasteiger partial charge in [0.2, 0.25) is 0 Å². The van der Waals surface area contributed by atoms with E-state index in [0.29, 0.717) is 22.1 Å². The average molecular weight is 410 g/mol. The first-order valence-electron chi connectivity index (χ1n) is 10.2. The summed E-state index contributed by atoms with van der Waals surface area (Å²) in [4.78, 5) is 9.14. The first kappa shape index (κ1) is 20.8. The van der Waals surface area contributed by atoms with Crippen molar-refractivity contribution in [2.45, 2.75) is 84.3 Å². The number of rotatable bonds is 7. The molecule has 2 heterocycles. The van der Waals surface area contributed by atoms with Crippen LogP contribution >= 0.6 is 23.4 Å². The summed E-state index contributed by atoms with van der Waals surface area (Å²) in [5.41, 5.74) is 1.78. The summed E-state index contributed by atoms with van der Waals surface area (Å²) in [6.45, 7) is 11.5. The fraction of sp³-hybridized carbons (Fsp3) is 0.800. The van der Waals surface area contributed by atoms with E-state index in [0.717, 1.165) is 47.7 Å². The quantitative estimate of drug-likeness (QED) is 0.310. The summed E-state index contributed by atoms with van der Waals surface area (Å²) >= 11 is 8.02. The van der Waals surface area contributed by atoms with E-state index in [4.69, 9.17) is 16.6 Å². The largest absolute Gasteiger partial charge is 0.224 e. The molecule has 1 aliphatic rings. The fourth-order valence-corrected chi connectivity index (χ4v) is 5.37. The molecule has 3 rings (SSSR count). The molecule has 0 amide bonds. The number of fused-ring (bicyclic) bond motifs is 1. The third-order valence-electron chi connectivity index (χ3n) is 5.39.